The highest BCUT2D eigenvalue weighted by Crippen LogP contribution is 2.33. The first-order valence-corrected chi connectivity index (χ1v) is 9.58. The first-order chi connectivity index (χ1) is 13.1. The Bertz CT molecular complexity index is 1070. The van der Waals surface area contributed by atoms with E-state index in [0.29, 0.717) is 0 Å². The van der Waals surface area contributed by atoms with Crippen LogP contribution in [0.1, 0.15) is 23.3 Å². The lowest BCUT2D eigenvalue weighted by atomic mass is 10.1. The van der Waals surface area contributed by atoms with Gasteiger partial charge in [-0.05, 0) is 37.6 Å². The number of benzene rings is 2. The van der Waals surface area contributed by atoms with Crippen molar-refractivity contribution in [3.8, 4) is 16.9 Å². The fourth-order valence-electron chi connectivity index (χ4n) is 2.83. The number of hydrogen-bond donors (Lipinski definition) is 0. The van der Waals surface area contributed by atoms with Gasteiger partial charge < -0.3 is 4.57 Å². The third-order valence-corrected chi connectivity index (χ3v) is 5.53. The quantitative estimate of drug-likeness (QED) is 0.488. The molecule has 0 unspecified atom stereocenters. The molecule has 0 fully saturated rings. The van der Waals surface area contributed by atoms with Crippen LogP contribution in [0.4, 0.5) is 0 Å². The predicted molar refractivity (Wildman–Crippen MR) is 107 cm³/mol. The van der Waals surface area contributed by atoms with Crippen LogP contribution in [0.25, 0.3) is 16.9 Å². The Kier molecular flexibility index (Phi) is 4.77. The summed E-state index contributed by atoms with van der Waals surface area (Å²) in [4.78, 5) is 1.68. The van der Waals surface area contributed by atoms with Gasteiger partial charge in [0.15, 0.2) is 5.16 Å². The van der Waals surface area contributed by atoms with Gasteiger partial charge in [-0.15, -0.1) is 15.3 Å². The summed E-state index contributed by atoms with van der Waals surface area (Å²) in [5.41, 5.74) is 5.28. The van der Waals surface area contributed by atoms with Crippen molar-refractivity contribution in [3.05, 3.63) is 72.2 Å². The van der Waals surface area contributed by atoms with Crippen molar-refractivity contribution in [1.29, 1.82) is 0 Å². The lowest BCUT2D eigenvalue weighted by molar-refractivity contribution is 0.752. The van der Waals surface area contributed by atoms with E-state index >= 15 is 0 Å². The third-order valence-electron chi connectivity index (χ3n) is 4.33. The van der Waals surface area contributed by atoms with Gasteiger partial charge in [0.25, 0.3) is 0 Å². The van der Waals surface area contributed by atoms with Gasteiger partial charge in [-0.2, -0.15) is 9.90 Å². The molecule has 136 valence electrons. The number of nitrogens with zero attached hydrogens (tertiary/aromatic N) is 6. The molecule has 0 aliphatic carbocycles. The topological polar surface area (TPSA) is 61.4 Å². The monoisotopic (exact) mass is 376 g/mol. The largest absolute Gasteiger partial charge is 0.312 e. The van der Waals surface area contributed by atoms with Crippen molar-refractivity contribution in [1.82, 2.24) is 29.8 Å². The van der Waals surface area contributed by atoms with Gasteiger partial charge in [0, 0.05) is 17.9 Å². The second-order valence-electron chi connectivity index (χ2n) is 6.47. The summed E-state index contributed by atoms with van der Waals surface area (Å²) >= 11 is 1.68. The van der Waals surface area contributed by atoms with Gasteiger partial charge in [0.1, 0.15) is 12.0 Å². The minimum absolute atomic E-state index is 0.236. The zero-order chi connectivity index (χ0) is 18.8. The van der Waals surface area contributed by atoms with Gasteiger partial charge >= 0.3 is 0 Å². The molecule has 6 nitrogen and oxygen atoms in total. The highest BCUT2D eigenvalue weighted by molar-refractivity contribution is 7.99. The van der Waals surface area contributed by atoms with Crippen molar-refractivity contribution in [2.45, 2.75) is 24.3 Å². The van der Waals surface area contributed by atoms with Crippen molar-refractivity contribution >= 4 is 11.8 Å². The van der Waals surface area contributed by atoms with E-state index in [1.165, 1.54) is 11.1 Å². The summed E-state index contributed by atoms with van der Waals surface area (Å²) in [5.74, 6) is 0. The molecule has 27 heavy (non-hydrogen) atoms. The molecule has 4 aromatic rings. The Labute approximate surface area is 162 Å². The van der Waals surface area contributed by atoms with Crippen LogP contribution in [0, 0.1) is 6.92 Å². The Morgan fingerprint density at radius 2 is 1.93 bits per heavy atom. The average Bonchev–Trinajstić information content (AvgIpc) is 3.32. The smallest absolute Gasteiger partial charge is 0.191 e. The fourth-order valence-corrected chi connectivity index (χ4v) is 3.74. The maximum absolute atomic E-state index is 4.65. The van der Waals surface area contributed by atoms with Crippen LogP contribution < -0.4 is 0 Å². The molecule has 0 amide bonds. The van der Waals surface area contributed by atoms with Gasteiger partial charge in [-0.25, -0.2) is 0 Å². The molecule has 0 N–H and O–H groups in total. The number of aromatic nitrogens is 6. The highest BCUT2D eigenvalue weighted by atomic mass is 32.2. The van der Waals surface area contributed by atoms with E-state index in [1.54, 1.807) is 29.1 Å². The Morgan fingerprint density at radius 3 is 2.70 bits per heavy atom. The first-order valence-electron chi connectivity index (χ1n) is 8.70. The number of rotatable bonds is 5. The van der Waals surface area contributed by atoms with Crippen LogP contribution in [-0.2, 0) is 7.05 Å². The molecular weight excluding hydrogens is 356 g/mol. The van der Waals surface area contributed by atoms with Gasteiger partial charge in [0.05, 0.1) is 11.9 Å². The summed E-state index contributed by atoms with van der Waals surface area (Å²) in [6.07, 6.45) is 3.52. The van der Waals surface area contributed by atoms with Crippen molar-refractivity contribution in [2.24, 2.45) is 7.05 Å². The maximum Gasteiger partial charge on any atom is 0.191 e. The van der Waals surface area contributed by atoms with E-state index < -0.39 is 0 Å². The molecule has 0 aliphatic rings. The summed E-state index contributed by atoms with van der Waals surface area (Å²) < 4.78 is 1.92. The van der Waals surface area contributed by atoms with Gasteiger partial charge in [-0.1, -0.05) is 47.7 Å². The van der Waals surface area contributed by atoms with Crippen LogP contribution in [0.5, 0.6) is 0 Å². The summed E-state index contributed by atoms with van der Waals surface area (Å²) in [7, 11) is 1.95. The molecule has 0 spiro atoms. The van der Waals surface area contributed by atoms with Crippen LogP contribution in [0.15, 0.2) is 66.2 Å². The molecule has 7 heteroatoms. The van der Waals surface area contributed by atoms with E-state index in [2.05, 4.69) is 64.6 Å². The van der Waals surface area contributed by atoms with Crippen molar-refractivity contribution in [3.63, 3.8) is 0 Å². The molecule has 4 rings (SSSR count). The third kappa shape index (κ3) is 3.78. The minimum atomic E-state index is 0.236. The molecule has 0 aliphatic heterocycles. The Hall–Kier alpha value is -2.93. The Balaban J connectivity index is 1.58. The average molecular weight is 376 g/mol. The minimum Gasteiger partial charge on any atom is -0.312 e. The molecule has 0 radical (unpaired) electrons. The second-order valence-corrected chi connectivity index (χ2v) is 7.78. The molecule has 0 saturated carbocycles. The van der Waals surface area contributed by atoms with E-state index in [-0.39, 0.29) is 5.25 Å². The second kappa shape index (κ2) is 7.36. The fraction of sp³-hybridized carbons (Fsp3) is 0.200. The molecule has 0 bridgehead atoms. The van der Waals surface area contributed by atoms with Crippen LogP contribution >= 0.6 is 11.8 Å². The highest BCUT2D eigenvalue weighted by Gasteiger charge is 2.13. The summed E-state index contributed by atoms with van der Waals surface area (Å²) in [5, 5.41) is 18.3. The van der Waals surface area contributed by atoms with E-state index in [9.17, 15) is 0 Å². The van der Waals surface area contributed by atoms with Crippen molar-refractivity contribution in [2.75, 3.05) is 0 Å². The molecular formula is C20H20N6S. The summed E-state index contributed by atoms with van der Waals surface area (Å²) in [6.45, 7) is 4.24. The van der Waals surface area contributed by atoms with Crippen LogP contribution in [-0.4, -0.2) is 29.8 Å². The predicted octanol–water partition coefficient (Wildman–Crippen LogP) is 4.22. The van der Waals surface area contributed by atoms with Gasteiger partial charge in [0.2, 0.25) is 0 Å². The summed E-state index contributed by atoms with van der Waals surface area (Å²) in [6, 6.07) is 16.6. The molecule has 2 aromatic carbocycles. The number of hydrogen-bond acceptors (Lipinski definition) is 5. The lowest BCUT2D eigenvalue weighted by Crippen LogP contribution is -2.01. The van der Waals surface area contributed by atoms with Gasteiger partial charge in [-0.3, -0.25) is 0 Å². The van der Waals surface area contributed by atoms with E-state index in [0.717, 1.165) is 22.1 Å². The number of aryl methyl sites for hydroxylation is 2. The zero-order valence-corrected chi connectivity index (χ0v) is 16.3. The molecule has 2 aromatic heterocycles. The lowest BCUT2D eigenvalue weighted by Gasteiger charge is -2.12. The SMILES string of the molecule is Cc1cccc(-c2cnn(-c3cccc([C@H](C)Sc4nncn4C)c3)n2)c1. The zero-order valence-electron chi connectivity index (χ0n) is 15.4. The molecule has 1 atom stereocenters. The van der Waals surface area contributed by atoms with Crippen LogP contribution in [0.3, 0.4) is 0 Å². The first kappa shape index (κ1) is 17.5. The van der Waals surface area contributed by atoms with Crippen molar-refractivity contribution < 1.29 is 0 Å². The van der Waals surface area contributed by atoms with E-state index in [1.807, 2.05) is 29.8 Å². The molecule has 0 saturated heterocycles. The Morgan fingerprint density at radius 1 is 1.07 bits per heavy atom. The standard InChI is InChI=1S/C20H20N6S/c1-14-6-4-8-17(10-14)19-12-22-26(24-19)18-9-5-7-16(11-18)15(2)27-20-23-21-13-25(20)3/h4-13,15H,1-3H3/t15-/m0/s1. The van der Waals surface area contributed by atoms with Crippen LogP contribution in [0.2, 0.25) is 0 Å². The molecule has 2 heterocycles. The number of thioether (sulfide) groups is 1. The van der Waals surface area contributed by atoms with E-state index in [4.69, 9.17) is 0 Å². The maximum atomic E-state index is 4.65. The normalized spacial score (nSPS) is 12.3.